The van der Waals surface area contributed by atoms with E-state index in [1.54, 1.807) is 44.1 Å². The van der Waals surface area contributed by atoms with Gasteiger partial charge in [0.05, 0.1) is 4.90 Å². The Kier molecular flexibility index (Phi) is 5.66. The summed E-state index contributed by atoms with van der Waals surface area (Å²) in [6.07, 6.45) is 6.09. The molecule has 2 aliphatic rings. The van der Waals surface area contributed by atoms with Crippen LogP contribution < -0.4 is 4.90 Å². The van der Waals surface area contributed by atoms with E-state index >= 15 is 0 Å². The van der Waals surface area contributed by atoms with Crippen molar-refractivity contribution in [3.8, 4) is 0 Å². The molecule has 2 aromatic rings. The van der Waals surface area contributed by atoms with Crippen LogP contribution in [0.2, 0.25) is 0 Å². The molecular formula is C19H27N5O2S2. The molecule has 1 aliphatic carbocycles. The number of rotatable bonds is 7. The highest BCUT2D eigenvalue weighted by Crippen LogP contribution is 2.41. The van der Waals surface area contributed by atoms with Crippen LogP contribution in [0.1, 0.15) is 43.7 Å². The molecule has 0 atom stereocenters. The third-order valence-corrected chi connectivity index (χ3v) is 8.07. The molecule has 1 aromatic heterocycles. The maximum atomic E-state index is 12.4. The van der Waals surface area contributed by atoms with Gasteiger partial charge in [0.15, 0.2) is 5.16 Å². The maximum Gasteiger partial charge on any atom is 0.242 e. The van der Waals surface area contributed by atoms with Gasteiger partial charge in [-0.1, -0.05) is 23.9 Å². The van der Waals surface area contributed by atoms with Gasteiger partial charge in [-0.3, -0.25) is 4.57 Å². The number of nitrogens with zero attached hydrogens (tertiary/aromatic N) is 5. The van der Waals surface area contributed by atoms with Crippen LogP contribution in [0.15, 0.2) is 34.3 Å². The normalized spacial score (nSPS) is 18.0. The van der Waals surface area contributed by atoms with Crippen molar-refractivity contribution in [2.75, 3.05) is 32.1 Å². The van der Waals surface area contributed by atoms with Gasteiger partial charge in [-0.25, -0.2) is 12.7 Å². The van der Waals surface area contributed by atoms with Gasteiger partial charge in [-0.2, -0.15) is 0 Å². The summed E-state index contributed by atoms with van der Waals surface area (Å²) < 4.78 is 28.3. The van der Waals surface area contributed by atoms with E-state index in [0.717, 1.165) is 29.8 Å². The van der Waals surface area contributed by atoms with Gasteiger partial charge >= 0.3 is 0 Å². The number of anilines is 1. The molecule has 0 spiro atoms. The molecule has 0 radical (unpaired) electrons. The Morgan fingerprint density at radius 3 is 2.57 bits per heavy atom. The van der Waals surface area contributed by atoms with Crippen molar-refractivity contribution in [3.63, 3.8) is 0 Å². The van der Waals surface area contributed by atoms with Crippen molar-refractivity contribution >= 4 is 27.7 Å². The van der Waals surface area contributed by atoms with Crippen LogP contribution in [0.4, 0.5) is 5.95 Å². The van der Waals surface area contributed by atoms with Crippen molar-refractivity contribution in [1.82, 2.24) is 19.1 Å². The molecule has 1 saturated heterocycles. The first-order chi connectivity index (χ1) is 13.5. The van der Waals surface area contributed by atoms with Gasteiger partial charge in [-0.15, -0.1) is 10.2 Å². The Morgan fingerprint density at radius 1 is 1.14 bits per heavy atom. The van der Waals surface area contributed by atoms with E-state index in [0.29, 0.717) is 16.7 Å². The zero-order chi connectivity index (χ0) is 19.7. The molecule has 4 rings (SSSR count). The standard InChI is InChI=1S/C19H27N5O2S2/c1-22(2)28(25,26)17-8-6-7-15(13-17)14-27-19-21-20-18(24(19)16-9-10-16)23-11-4-3-5-12-23/h6-8,13,16H,3-5,9-12,14H2,1-2H3. The van der Waals surface area contributed by atoms with Crippen LogP contribution in [0, 0.1) is 0 Å². The van der Waals surface area contributed by atoms with Crippen molar-refractivity contribution in [2.24, 2.45) is 0 Å². The summed E-state index contributed by atoms with van der Waals surface area (Å²) in [5.74, 6) is 1.68. The molecule has 152 valence electrons. The lowest BCUT2D eigenvalue weighted by Gasteiger charge is -2.27. The van der Waals surface area contributed by atoms with Gasteiger partial charge in [0, 0.05) is 39.0 Å². The van der Waals surface area contributed by atoms with Crippen LogP contribution in [-0.2, 0) is 15.8 Å². The lowest BCUT2D eigenvalue weighted by Crippen LogP contribution is -2.31. The van der Waals surface area contributed by atoms with E-state index in [-0.39, 0.29) is 0 Å². The van der Waals surface area contributed by atoms with Crippen molar-refractivity contribution in [2.45, 2.75) is 54.0 Å². The van der Waals surface area contributed by atoms with E-state index in [1.807, 2.05) is 6.07 Å². The fourth-order valence-corrected chi connectivity index (χ4v) is 5.40. The second kappa shape index (κ2) is 8.04. The van der Waals surface area contributed by atoms with Crippen LogP contribution in [-0.4, -0.2) is 54.7 Å². The minimum atomic E-state index is -3.42. The first kappa shape index (κ1) is 19.7. The summed E-state index contributed by atoms with van der Waals surface area (Å²) in [7, 11) is -0.315. The van der Waals surface area contributed by atoms with E-state index in [1.165, 1.54) is 36.4 Å². The van der Waals surface area contributed by atoms with Gasteiger partial charge in [0.1, 0.15) is 0 Å². The number of benzene rings is 1. The molecule has 2 fully saturated rings. The molecule has 9 heteroatoms. The second-order valence-corrected chi connectivity index (χ2v) is 10.7. The molecule has 2 heterocycles. The Labute approximate surface area is 171 Å². The highest BCUT2D eigenvalue weighted by molar-refractivity contribution is 7.98. The van der Waals surface area contributed by atoms with Gasteiger partial charge in [-0.05, 0) is 49.8 Å². The van der Waals surface area contributed by atoms with Crippen LogP contribution in [0.3, 0.4) is 0 Å². The van der Waals surface area contributed by atoms with Crippen LogP contribution in [0.25, 0.3) is 0 Å². The first-order valence-corrected chi connectivity index (χ1v) is 12.2. The quantitative estimate of drug-likeness (QED) is 0.640. The monoisotopic (exact) mass is 421 g/mol. The molecular weight excluding hydrogens is 394 g/mol. The lowest BCUT2D eigenvalue weighted by molar-refractivity contribution is 0.520. The van der Waals surface area contributed by atoms with E-state index in [9.17, 15) is 8.42 Å². The minimum Gasteiger partial charge on any atom is -0.341 e. The predicted octanol–water partition coefficient (Wildman–Crippen LogP) is 3.15. The summed E-state index contributed by atoms with van der Waals surface area (Å²) >= 11 is 1.64. The van der Waals surface area contributed by atoms with Gasteiger partial charge in [0.2, 0.25) is 16.0 Å². The molecule has 1 aromatic carbocycles. The third-order valence-electron chi connectivity index (χ3n) is 5.24. The number of piperidine rings is 1. The van der Waals surface area contributed by atoms with E-state index in [4.69, 9.17) is 0 Å². The summed E-state index contributed by atoms with van der Waals surface area (Å²) in [6.45, 7) is 2.11. The van der Waals surface area contributed by atoms with Crippen molar-refractivity contribution < 1.29 is 8.42 Å². The van der Waals surface area contributed by atoms with E-state index in [2.05, 4.69) is 19.7 Å². The predicted molar refractivity (Wildman–Crippen MR) is 111 cm³/mol. The maximum absolute atomic E-state index is 12.4. The molecule has 1 aliphatic heterocycles. The zero-order valence-electron chi connectivity index (χ0n) is 16.4. The Bertz CT molecular complexity index is 932. The molecule has 28 heavy (non-hydrogen) atoms. The summed E-state index contributed by atoms with van der Waals surface area (Å²) in [4.78, 5) is 2.69. The highest BCUT2D eigenvalue weighted by Gasteiger charge is 2.32. The SMILES string of the molecule is CN(C)S(=O)(=O)c1cccc(CSc2nnc(N3CCCCC3)n2C2CC2)c1. The second-order valence-electron chi connectivity index (χ2n) is 7.65. The average Bonchev–Trinajstić information content (AvgIpc) is 3.46. The minimum absolute atomic E-state index is 0.327. The summed E-state index contributed by atoms with van der Waals surface area (Å²) in [5, 5.41) is 9.92. The van der Waals surface area contributed by atoms with Crippen molar-refractivity contribution in [3.05, 3.63) is 29.8 Å². The largest absolute Gasteiger partial charge is 0.341 e. The summed E-state index contributed by atoms with van der Waals surface area (Å²) in [6, 6.07) is 7.67. The smallest absolute Gasteiger partial charge is 0.242 e. The van der Waals surface area contributed by atoms with Gasteiger partial charge < -0.3 is 4.90 Å². The number of aromatic nitrogens is 3. The fourth-order valence-electron chi connectivity index (χ4n) is 3.48. The van der Waals surface area contributed by atoms with E-state index < -0.39 is 10.0 Å². The number of hydrogen-bond acceptors (Lipinski definition) is 6. The van der Waals surface area contributed by atoms with Crippen LogP contribution in [0.5, 0.6) is 0 Å². The summed E-state index contributed by atoms with van der Waals surface area (Å²) in [5.41, 5.74) is 0.970. The molecule has 0 amide bonds. The third kappa shape index (κ3) is 4.06. The molecule has 7 nitrogen and oxygen atoms in total. The lowest BCUT2D eigenvalue weighted by atomic mass is 10.1. The number of hydrogen-bond donors (Lipinski definition) is 0. The zero-order valence-corrected chi connectivity index (χ0v) is 18.0. The molecule has 0 bridgehead atoms. The average molecular weight is 422 g/mol. The van der Waals surface area contributed by atoms with Crippen LogP contribution >= 0.6 is 11.8 Å². The number of sulfonamides is 1. The Morgan fingerprint density at radius 2 is 1.89 bits per heavy atom. The van der Waals surface area contributed by atoms with Gasteiger partial charge in [0.25, 0.3) is 0 Å². The Hall–Kier alpha value is -1.58. The molecule has 1 saturated carbocycles. The fraction of sp³-hybridized carbons (Fsp3) is 0.579. The molecule has 0 unspecified atom stereocenters. The Balaban J connectivity index is 1.52. The highest BCUT2D eigenvalue weighted by atomic mass is 32.2. The van der Waals surface area contributed by atoms with Crippen molar-refractivity contribution in [1.29, 1.82) is 0 Å². The first-order valence-electron chi connectivity index (χ1n) is 9.81. The topological polar surface area (TPSA) is 71.3 Å². The number of thioether (sulfide) groups is 1. The molecule has 0 N–H and O–H groups in total.